The van der Waals surface area contributed by atoms with Gasteiger partial charge in [0.25, 0.3) is 0 Å². The first-order chi connectivity index (χ1) is 51.6. The molecule has 10 rings (SSSR count). The quantitative estimate of drug-likeness (QED) is 0.0825. The van der Waals surface area contributed by atoms with Crippen LogP contribution < -0.4 is 116 Å². The predicted molar refractivity (Wildman–Crippen MR) is 381 cm³/mol. The van der Waals surface area contributed by atoms with Crippen molar-refractivity contribution in [3.63, 3.8) is 0 Å². The standard InChI is InChI=1S/C21H30F6O2.C20H27F6.C19H29F6.C12H19F3O2.C10H15F3O.CH4.2Rb/c1-2-3-15-6-4-14(12-17(15)20(22,23)24)5-7-16-8-9-19(28-10-11-29-19)13-18(16)21(25,26)27;1-3-4-15-9-6-14(12-18(15)20(24,25)26)7-10-16-8-5-13(2)11-17(16)19(21,22)23;1-2-5-14-10-8-13(12-17(14)19(23,24)25)9-11-15-6-3-4-7-16(15)18(20,21)22;1-2-3-9-4-5-11(16-6-7-17-11)8-10(9)12(13,14)15;1-2-3-7-4-5-8(14)6-9(7)10(11,12)13;;;/h5,15-18H,2-4,6-13H2,1H3;2,7,15-18H,3-6,8-12H2,1H3;4,13-17H,2-3,5-12H2,1H3;9-10H,2-8H2,1H3;7,9H,2-6H2,1H3;1H4;;/q;2*-1;;;;2*+1/b14-5+;14-7+;;;;;;/t15-,16-,17?,18?;15-,16+,17?,18?;13-,14+,15-,16?,17?;9-,10?;7-,9?;;;/m00100.../s1. The molecule has 0 N–H and O–H groups in total. The molecule has 10 fully saturated rings. The Bertz CT molecular complexity index is 2820. The molecule has 0 amide bonds. The molecule has 0 aromatic rings. The number of halogens is 24. The minimum absolute atomic E-state index is 0. The molecule has 0 bridgehead atoms. The summed E-state index contributed by atoms with van der Waals surface area (Å²) in [6.45, 7) is 16.5. The largest absolute Gasteiger partial charge is 1.00 e. The Morgan fingerprint density at radius 2 is 0.693 bits per heavy atom. The van der Waals surface area contributed by atoms with E-state index in [1.165, 1.54) is 0 Å². The molecular weight excluding hydrogens is 1700 g/mol. The fourth-order valence-corrected chi connectivity index (χ4v) is 20.0. The summed E-state index contributed by atoms with van der Waals surface area (Å²) < 4.78 is 339. The van der Waals surface area contributed by atoms with Crippen molar-refractivity contribution in [1.29, 1.82) is 0 Å². The number of allylic oxidation sites excluding steroid dienone is 5. The zero-order chi connectivity index (χ0) is 82.8. The minimum Gasteiger partial charge on any atom is -0.514 e. The number of ether oxygens (including phenoxy) is 4. The molecule has 2 spiro atoms. The fraction of sp³-hybridized carbons (Fsp3) is 0.904. The van der Waals surface area contributed by atoms with Crippen LogP contribution in [0.2, 0.25) is 0 Å². The van der Waals surface area contributed by atoms with Gasteiger partial charge in [0.15, 0.2) is 11.6 Å². The number of hydrogen-bond acceptors (Lipinski definition) is 5. The molecule has 17 atom stereocenters. The zero-order valence-corrected chi connectivity index (χ0v) is 76.8. The van der Waals surface area contributed by atoms with Gasteiger partial charge in [0.1, 0.15) is 5.78 Å². The van der Waals surface area contributed by atoms with Crippen molar-refractivity contribution in [2.45, 2.75) is 347 Å². The normalized spacial score (nSPS) is 32.6. The van der Waals surface area contributed by atoms with Crippen LogP contribution in [-0.4, -0.2) is 93.2 Å². The van der Waals surface area contributed by atoms with Crippen molar-refractivity contribution in [2.24, 2.45) is 101 Å². The molecule has 5 nitrogen and oxygen atoms in total. The average molecular weight is 1830 g/mol. The Morgan fingerprint density at radius 1 is 0.368 bits per heavy atom. The maximum Gasteiger partial charge on any atom is 1.00 e. The molecule has 2 saturated heterocycles. The van der Waals surface area contributed by atoms with Crippen LogP contribution >= 0.6 is 0 Å². The molecular formula is C83H124F24O5Rb2. The second-order valence-electron chi connectivity index (χ2n) is 33.6. The third kappa shape index (κ3) is 34.2. The van der Waals surface area contributed by atoms with E-state index >= 15 is 0 Å². The summed E-state index contributed by atoms with van der Waals surface area (Å²) in [6, 6.07) is 0. The Labute approximate surface area is 759 Å². The summed E-state index contributed by atoms with van der Waals surface area (Å²) in [5, 5.41) is 0. The van der Waals surface area contributed by atoms with E-state index in [2.05, 4.69) is 0 Å². The SMILES string of the molecule is C.CCC[C@H]1CC/C(=C\C[C@H]2CCC3(CC2C(F)(F)F)OCCO3)CC1C(F)(F)F.CCC[C@H]1CCC(=O)CC1C(F)(F)F.CCC[C@H]1CCC2(CC1C(F)(F)F)OCCO2.CCC[C@H]1CC[C@H](CC[C@H]2CC[CH-]CC2C(F)(F)F)CC1C(F)(F)F.[CH-]=C1CC[C@H](C/C=C2\CC[C@H](CCC)C(C(F)(F)F)C2)C(C(F)(F)F)C1.[Rb+].[Rb+]. The first kappa shape index (κ1) is 109. The molecule has 656 valence electrons. The number of rotatable bonds is 17. The molecule has 114 heavy (non-hydrogen) atoms. The van der Waals surface area contributed by atoms with Crippen molar-refractivity contribution < 1.29 is 245 Å². The Balaban J connectivity index is 0.000000374. The van der Waals surface area contributed by atoms with Crippen molar-refractivity contribution in [3.05, 3.63) is 41.9 Å². The molecule has 0 aromatic carbocycles. The number of Topliss-reactive ketones (excluding diaryl/α,β-unsaturated/α-hetero) is 1. The van der Waals surface area contributed by atoms with Crippen molar-refractivity contribution in [2.75, 3.05) is 26.4 Å². The third-order valence-electron chi connectivity index (χ3n) is 26.0. The summed E-state index contributed by atoms with van der Waals surface area (Å²) in [5.41, 5.74) is 1.70. The summed E-state index contributed by atoms with van der Waals surface area (Å²) in [5.74, 6) is -16.7. The third-order valence-corrected chi connectivity index (χ3v) is 26.0. The number of alkyl halides is 24. The molecule has 2 aliphatic heterocycles. The van der Waals surface area contributed by atoms with E-state index < -0.39 is 126 Å². The van der Waals surface area contributed by atoms with Crippen LogP contribution in [0, 0.1) is 114 Å². The van der Waals surface area contributed by atoms with E-state index in [9.17, 15) is 110 Å². The number of carbonyl (C=O) groups excluding carboxylic acids is 1. The number of ketones is 1. The molecule has 2 heterocycles. The average Bonchev–Trinajstić information content (AvgIpc) is 1.18. The van der Waals surface area contributed by atoms with Gasteiger partial charge in [-0.15, -0.1) is 0 Å². The Hall–Kier alpha value is 0.660. The molecule has 0 radical (unpaired) electrons. The van der Waals surface area contributed by atoms with Crippen LogP contribution in [0.3, 0.4) is 0 Å². The van der Waals surface area contributed by atoms with E-state index in [0.717, 1.165) is 25.7 Å². The second-order valence-corrected chi connectivity index (χ2v) is 33.6. The first-order valence-corrected chi connectivity index (χ1v) is 41.0. The second kappa shape index (κ2) is 48.4. The first-order valence-electron chi connectivity index (χ1n) is 41.0. The van der Waals surface area contributed by atoms with E-state index in [-0.39, 0.29) is 229 Å². The van der Waals surface area contributed by atoms with Gasteiger partial charge in [-0.2, -0.15) is 118 Å². The topological polar surface area (TPSA) is 54.0 Å². The van der Waals surface area contributed by atoms with Gasteiger partial charge in [0.2, 0.25) is 0 Å². The van der Waals surface area contributed by atoms with Gasteiger partial charge in [-0.1, -0.05) is 162 Å². The summed E-state index contributed by atoms with van der Waals surface area (Å²) in [6.07, 6.45) is -13.8. The molecule has 0 aromatic heterocycles. The van der Waals surface area contributed by atoms with Gasteiger partial charge in [0.05, 0.1) is 67.9 Å². The van der Waals surface area contributed by atoms with Gasteiger partial charge in [-0.25, -0.2) is 0 Å². The van der Waals surface area contributed by atoms with E-state index in [1.807, 2.05) is 34.6 Å². The summed E-state index contributed by atoms with van der Waals surface area (Å²) in [7, 11) is 0. The van der Waals surface area contributed by atoms with Crippen molar-refractivity contribution in [3.8, 4) is 0 Å². The van der Waals surface area contributed by atoms with Gasteiger partial charge < -0.3 is 31.9 Å². The van der Waals surface area contributed by atoms with Gasteiger partial charge >= 0.3 is 166 Å². The zero-order valence-electron chi connectivity index (χ0n) is 66.9. The molecule has 8 aliphatic carbocycles. The number of carbonyl (C=O) groups is 1. The van der Waals surface area contributed by atoms with E-state index in [4.69, 9.17) is 25.5 Å². The fourth-order valence-electron chi connectivity index (χ4n) is 20.0. The monoisotopic (exact) mass is 1830 g/mol. The van der Waals surface area contributed by atoms with Gasteiger partial charge in [-0.3, -0.25) is 10.4 Å². The number of hydrogen-bond donors (Lipinski definition) is 0. The van der Waals surface area contributed by atoms with Crippen molar-refractivity contribution >= 4 is 5.78 Å². The van der Waals surface area contributed by atoms with Gasteiger partial charge in [0, 0.05) is 44.4 Å². The van der Waals surface area contributed by atoms with Crippen molar-refractivity contribution in [1.82, 2.24) is 0 Å². The minimum atomic E-state index is -4.38. The van der Waals surface area contributed by atoms with Crippen LogP contribution in [0.4, 0.5) is 105 Å². The Morgan fingerprint density at radius 3 is 1.09 bits per heavy atom. The maximum absolute atomic E-state index is 13.7. The molecule has 8 saturated carbocycles. The molecule has 10 aliphatic rings. The smallest absolute Gasteiger partial charge is 0.514 e. The van der Waals surface area contributed by atoms with Crippen LogP contribution in [0.1, 0.15) is 286 Å². The molecule has 8 unspecified atom stereocenters. The summed E-state index contributed by atoms with van der Waals surface area (Å²) >= 11 is 0. The van der Waals surface area contributed by atoms with Gasteiger partial charge in [-0.05, 0) is 150 Å². The molecule has 31 heteroatoms. The van der Waals surface area contributed by atoms with Crippen LogP contribution in [0.25, 0.3) is 0 Å². The summed E-state index contributed by atoms with van der Waals surface area (Å²) in [4.78, 5) is 11.0. The predicted octanol–water partition coefficient (Wildman–Crippen LogP) is 23.1. The van der Waals surface area contributed by atoms with Crippen LogP contribution in [0.5, 0.6) is 0 Å². The maximum atomic E-state index is 13.7. The van der Waals surface area contributed by atoms with E-state index in [1.54, 1.807) is 18.6 Å². The van der Waals surface area contributed by atoms with Crippen LogP contribution in [-0.2, 0) is 23.7 Å². The van der Waals surface area contributed by atoms with E-state index in [0.29, 0.717) is 197 Å². The van der Waals surface area contributed by atoms with Crippen LogP contribution in [0.15, 0.2) is 28.9 Å². The Kier molecular flexibility index (Phi) is 46.2.